The Balaban J connectivity index is 1.58. The van der Waals surface area contributed by atoms with E-state index in [1.807, 2.05) is 43.3 Å². The summed E-state index contributed by atoms with van der Waals surface area (Å²) in [5, 5.41) is 2.87. The van der Waals surface area contributed by atoms with Crippen LogP contribution in [-0.2, 0) is 22.6 Å². The molecular formula is C17H21N5O3. The van der Waals surface area contributed by atoms with Gasteiger partial charge in [0, 0.05) is 32.5 Å². The number of nitrogens with one attached hydrogen (secondary N) is 2. The molecule has 0 radical (unpaired) electrons. The molecular weight excluding hydrogens is 322 g/mol. The predicted octanol–water partition coefficient (Wildman–Crippen LogP) is 1.11. The zero-order valence-electron chi connectivity index (χ0n) is 14.2. The highest BCUT2D eigenvalue weighted by Crippen LogP contribution is 2.16. The normalized spacial score (nSPS) is 16.6. The topological polar surface area (TPSA) is 90.6 Å². The van der Waals surface area contributed by atoms with Gasteiger partial charge in [-0.3, -0.25) is 9.69 Å². The van der Waals surface area contributed by atoms with E-state index in [0.717, 1.165) is 16.9 Å². The molecule has 132 valence electrons. The Morgan fingerprint density at radius 3 is 2.80 bits per heavy atom. The Hall–Kier alpha value is -3.03. The maximum absolute atomic E-state index is 12.5. The van der Waals surface area contributed by atoms with E-state index in [1.165, 1.54) is 11.2 Å². The summed E-state index contributed by atoms with van der Waals surface area (Å²) in [4.78, 5) is 34.6. The summed E-state index contributed by atoms with van der Waals surface area (Å²) in [6.45, 7) is 0.710. The van der Waals surface area contributed by atoms with Crippen LogP contribution >= 0.6 is 0 Å². The number of aromatic nitrogens is 2. The zero-order chi connectivity index (χ0) is 17.8. The number of hydrogen-bond donors (Lipinski definition) is 2. The molecule has 0 aliphatic carbocycles. The second-order valence-corrected chi connectivity index (χ2v) is 6.08. The van der Waals surface area contributed by atoms with E-state index in [1.54, 1.807) is 6.20 Å². The van der Waals surface area contributed by atoms with Crippen molar-refractivity contribution < 1.29 is 14.3 Å². The number of nitrogens with zero attached hydrogens (tertiary/aromatic N) is 3. The first-order valence-electron chi connectivity index (χ1n) is 7.99. The zero-order valence-corrected chi connectivity index (χ0v) is 14.2. The van der Waals surface area contributed by atoms with Gasteiger partial charge < -0.3 is 19.9 Å². The summed E-state index contributed by atoms with van der Waals surface area (Å²) in [6.07, 6.45) is 2.65. The van der Waals surface area contributed by atoms with Gasteiger partial charge in [0.25, 0.3) is 0 Å². The quantitative estimate of drug-likeness (QED) is 0.820. The lowest BCUT2D eigenvalue weighted by Crippen LogP contribution is -2.45. The third-order valence-corrected chi connectivity index (χ3v) is 4.09. The number of H-pyrrole nitrogens is 1. The molecule has 25 heavy (non-hydrogen) atoms. The SMILES string of the molecule is CN(C)c1ccc(CNC(=O)[C@@H]2COC(=O)N2Cc2cnc[nH]2)cc1. The van der Waals surface area contributed by atoms with E-state index in [2.05, 4.69) is 15.3 Å². The summed E-state index contributed by atoms with van der Waals surface area (Å²) in [7, 11) is 3.95. The summed E-state index contributed by atoms with van der Waals surface area (Å²) in [6, 6.07) is 7.28. The largest absolute Gasteiger partial charge is 0.447 e. The van der Waals surface area contributed by atoms with Gasteiger partial charge in [-0.2, -0.15) is 0 Å². The Kier molecular flexibility index (Phi) is 4.87. The molecule has 1 aliphatic rings. The van der Waals surface area contributed by atoms with Crippen LogP contribution in [-0.4, -0.2) is 53.6 Å². The Labute approximate surface area is 145 Å². The summed E-state index contributed by atoms with van der Waals surface area (Å²) in [5.41, 5.74) is 2.83. The van der Waals surface area contributed by atoms with Crippen molar-refractivity contribution in [3.8, 4) is 0 Å². The van der Waals surface area contributed by atoms with Gasteiger partial charge in [0.1, 0.15) is 12.6 Å². The molecule has 0 saturated carbocycles. The van der Waals surface area contributed by atoms with Gasteiger partial charge in [0.15, 0.2) is 0 Å². The maximum atomic E-state index is 12.5. The second-order valence-electron chi connectivity index (χ2n) is 6.08. The standard InChI is InChI=1S/C17H21N5O3/c1-21(2)14-5-3-12(4-6-14)7-19-16(23)15-10-25-17(24)22(15)9-13-8-18-11-20-13/h3-6,8,11,15H,7,9-10H2,1-2H3,(H,18,20)(H,19,23)/t15-/m0/s1. The van der Waals surface area contributed by atoms with Crippen LogP contribution in [0.4, 0.5) is 10.5 Å². The predicted molar refractivity (Wildman–Crippen MR) is 91.9 cm³/mol. The number of imidazole rings is 1. The average molecular weight is 343 g/mol. The van der Waals surface area contributed by atoms with Crippen LogP contribution in [0.1, 0.15) is 11.3 Å². The number of ether oxygens (including phenoxy) is 1. The number of cyclic esters (lactones) is 1. The van der Waals surface area contributed by atoms with E-state index in [4.69, 9.17) is 4.74 Å². The molecule has 1 atom stereocenters. The van der Waals surface area contributed by atoms with Crippen molar-refractivity contribution in [1.29, 1.82) is 0 Å². The molecule has 3 rings (SSSR count). The molecule has 0 spiro atoms. The molecule has 1 saturated heterocycles. The van der Waals surface area contributed by atoms with Crippen LogP contribution in [0, 0.1) is 0 Å². The van der Waals surface area contributed by atoms with E-state index in [-0.39, 0.29) is 19.1 Å². The molecule has 1 aliphatic heterocycles. The lowest BCUT2D eigenvalue weighted by molar-refractivity contribution is -0.125. The Bertz CT molecular complexity index is 727. The first-order valence-corrected chi connectivity index (χ1v) is 7.99. The van der Waals surface area contributed by atoms with Gasteiger partial charge in [0.05, 0.1) is 18.6 Å². The monoisotopic (exact) mass is 343 g/mol. The van der Waals surface area contributed by atoms with E-state index in [9.17, 15) is 9.59 Å². The number of carbonyl (C=O) groups excluding carboxylic acids is 2. The van der Waals surface area contributed by atoms with E-state index >= 15 is 0 Å². The third-order valence-electron chi connectivity index (χ3n) is 4.09. The Morgan fingerprint density at radius 2 is 2.16 bits per heavy atom. The van der Waals surface area contributed by atoms with E-state index < -0.39 is 12.1 Å². The Morgan fingerprint density at radius 1 is 1.40 bits per heavy atom. The smallest absolute Gasteiger partial charge is 0.411 e. The minimum Gasteiger partial charge on any atom is -0.447 e. The van der Waals surface area contributed by atoms with Crippen molar-refractivity contribution in [2.45, 2.75) is 19.1 Å². The summed E-state index contributed by atoms with van der Waals surface area (Å²) >= 11 is 0. The van der Waals surface area contributed by atoms with Crippen molar-refractivity contribution in [3.05, 3.63) is 48.0 Å². The van der Waals surface area contributed by atoms with Crippen molar-refractivity contribution in [2.75, 3.05) is 25.6 Å². The molecule has 2 heterocycles. The van der Waals surface area contributed by atoms with Gasteiger partial charge >= 0.3 is 6.09 Å². The van der Waals surface area contributed by atoms with Crippen LogP contribution in [0.2, 0.25) is 0 Å². The van der Waals surface area contributed by atoms with Gasteiger partial charge in [-0.25, -0.2) is 9.78 Å². The first kappa shape index (κ1) is 16.8. The molecule has 1 aromatic heterocycles. The molecule has 2 N–H and O–H groups in total. The van der Waals surface area contributed by atoms with Crippen molar-refractivity contribution in [2.24, 2.45) is 0 Å². The molecule has 2 aromatic rings. The minimum absolute atomic E-state index is 0.0539. The minimum atomic E-state index is -0.642. The average Bonchev–Trinajstić information content (AvgIpc) is 3.24. The lowest BCUT2D eigenvalue weighted by atomic mass is 10.2. The number of carbonyl (C=O) groups is 2. The molecule has 8 nitrogen and oxygen atoms in total. The number of anilines is 1. The molecule has 0 unspecified atom stereocenters. The third kappa shape index (κ3) is 3.90. The first-order chi connectivity index (χ1) is 12.0. The fourth-order valence-electron chi connectivity index (χ4n) is 2.62. The highest BCUT2D eigenvalue weighted by Gasteiger charge is 2.38. The number of amides is 2. The fraction of sp³-hybridized carbons (Fsp3) is 0.353. The molecule has 1 aromatic carbocycles. The van der Waals surface area contributed by atoms with Crippen LogP contribution in [0.3, 0.4) is 0 Å². The maximum Gasteiger partial charge on any atom is 0.411 e. The van der Waals surface area contributed by atoms with Crippen molar-refractivity contribution in [1.82, 2.24) is 20.2 Å². The summed E-state index contributed by atoms with van der Waals surface area (Å²) in [5.74, 6) is -0.234. The number of benzene rings is 1. The lowest BCUT2D eigenvalue weighted by Gasteiger charge is -2.20. The summed E-state index contributed by atoms with van der Waals surface area (Å²) < 4.78 is 5.03. The van der Waals surface area contributed by atoms with Crippen LogP contribution in [0.5, 0.6) is 0 Å². The number of aromatic amines is 1. The highest BCUT2D eigenvalue weighted by atomic mass is 16.6. The van der Waals surface area contributed by atoms with Gasteiger partial charge in [-0.1, -0.05) is 12.1 Å². The number of rotatable bonds is 6. The van der Waals surface area contributed by atoms with Crippen LogP contribution in [0.15, 0.2) is 36.8 Å². The van der Waals surface area contributed by atoms with E-state index in [0.29, 0.717) is 6.54 Å². The second kappa shape index (κ2) is 7.25. The molecule has 8 heteroatoms. The van der Waals surface area contributed by atoms with Crippen LogP contribution in [0.25, 0.3) is 0 Å². The van der Waals surface area contributed by atoms with Gasteiger partial charge in [-0.15, -0.1) is 0 Å². The van der Waals surface area contributed by atoms with Crippen molar-refractivity contribution in [3.63, 3.8) is 0 Å². The van der Waals surface area contributed by atoms with Gasteiger partial charge in [0.2, 0.25) is 5.91 Å². The van der Waals surface area contributed by atoms with Gasteiger partial charge in [-0.05, 0) is 17.7 Å². The fourth-order valence-corrected chi connectivity index (χ4v) is 2.62. The highest BCUT2D eigenvalue weighted by molar-refractivity contribution is 5.87. The molecule has 0 bridgehead atoms. The molecule has 2 amide bonds. The van der Waals surface area contributed by atoms with Crippen LogP contribution < -0.4 is 10.2 Å². The van der Waals surface area contributed by atoms with Crippen molar-refractivity contribution >= 4 is 17.7 Å². The number of hydrogen-bond acceptors (Lipinski definition) is 5. The molecule has 1 fully saturated rings.